The maximum atomic E-state index is 11.5. The van der Waals surface area contributed by atoms with E-state index in [0.717, 1.165) is 11.1 Å². The van der Waals surface area contributed by atoms with Gasteiger partial charge in [-0.25, -0.2) is 4.79 Å². The van der Waals surface area contributed by atoms with Crippen molar-refractivity contribution in [3.8, 4) is 5.75 Å². The first-order valence-corrected chi connectivity index (χ1v) is 8.67. The number of ether oxygens (including phenoxy) is 1. The summed E-state index contributed by atoms with van der Waals surface area (Å²) >= 11 is 15.4. The number of urea groups is 1. The van der Waals surface area contributed by atoms with E-state index in [0.29, 0.717) is 20.3 Å². The third-order valence-corrected chi connectivity index (χ3v) is 4.59. The second-order valence-corrected chi connectivity index (χ2v) is 6.88. The molecule has 1 aliphatic heterocycles. The normalized spacial score (nSPS) is 15.2. The highest BCUT2D eigenvalue weighted by Crippen LogP contribution is 2.29. The average molecular weight is 442 g/mol. The topological polar surface area (TPSA) is 67.4 Å². The van der Waals surface area contributed by atoms with Gasteiger partial charge in [-0.2, -0.15) is 0 Å². The molecule has 128 valence electrons. The van der Waals surface area contributed by atoms with Crippen LogP contribution in [0.2, 0.25) is 10.0 Å². The molecule has 2 aromatic carbocycles. The Kier molecular flexibility index (Phi) is 5.32. The van der Waals surface area contributed by atoms with Gasteiger partial charge in [0.1, 0.15) is 18.1 Å². The summed E-state index contributed by atoms with van der Waals surface area (Å²) in [4.78, 5) is 22.6. The van der Waals surface area contributed by atoms with E-state index in [9.17, 15) is 9.59 Å². The molecular formula is C17H11BrCl2N2O3. The molecule has 1 aliphatic rings. The van der Waals surface area contributed by atoms with E-state index in [4.69, 9.17) is 27.9 Å². The van der Waals surface area contributed by atoms with Crippen molar-refractivity contribution >= 4 is 57.1 Å². The number of carbonyl (C=O) groups is 2. The number of halogens is 3. The molecule has 0 saturated carbocycles. The molecule has 3 rings (SSSR count). The predicted molar refractivity (Wildman–Crippen MR) is 99.6 cm³/mol. The molecule has 1 saturated heterocycles. The van der Waals surface area contributed by atoms with Gasteiger partial charge >= 0.3 is 6.03 Å². The number of amides is 3. The van der Waals surface area contributed by atoms with Crippen molar-refractivity contribution in [3.63, 3.8) is 0 Å². The summed E-state index contributed by atoms with van der Waals surface area (Å²) in [6.45, 7) is 0.285. The first-order valence-electron chi connectivity index (χ1n) is 7.12. The smallest absolute Gasteiger partial charge is 0.326 e. The van der Waals surface area contributed by atoms with E-state index in [2.05, 4.69) is 26.6 Å². The number of carbonyl (C=O) groups excluding carboxylic acids is 2. The van der Waals surface area contributed by atoms with Crippen molar-refractivity contribution in [3.05, 3.63) is 67.7 Å². The fourth-order valence-electron chi connectivity index (χ4n) is 2.17. The third-order valence-electron chi connectivity index (χ3n) is 3.39. The Morgan fingerprint density at radius 2 is 1.88 bits per heavy atom. The molecule has 0 atom stereocenters. The molecule has 5 nitrogen and oxygen atoms in total. The Morgan fingerprint density at radius 3 is 2.52 bits per heavy atom. The van der Waals surface area contributed by atoms with Crippen molar-refractivity contribution < 1.29 is 14.3 Å². The van der Waals surface area contributed by atoms with Gasteiger partial charge in [0.25, 0.3) is 5.91 Å². The molecule has 25 heavy (non-hydrogen) atoms. The minimum atomic E-state index is -0.532. The molecule has 0 aromatic heterocycles. The van der Waals surface area contributed by atoms with E-state index >= 15 is 0 Å². The quantitative estimate of drug-likeness (QED) is 0.541. The van der Waals surface area contributed by atoms with Gasteiger partial charge in [0, 0.05) is 15.6 Å². The number of imide groups is 1. The maximum Gasteiger partial charge on any atom is 0.326 e. The average Bonchev–Trinajstić information content (AvgIpc) is 2.85. The number of nitrogens with one attached hydrogen (secondary N) is 2. The molecule has 0 aliphatic carbocycles. The summed E-state index contributed by atoms with van der Waals surface area (Å²) in [5, 5.41) is 5.68. The van der Waals surface area contributed by atoms with Crippen LogP contribution in [0.15, 0.2) is 46.6 Å². The highest BCUT2D eigenvalue weighted by molar-refractivity contribution is 9.10. The van der Waals surface area contributed by atoms with Crippen LogP contribution in [0.25, 0.3) is 6.08 Å². The fourth-order valence-corrected chi connectivity index (χ4v) is 3.14. The van der Waals surface area contributed by atoms with Gasteiger partial charge in [-0.15, -0.1) is 0 Å². The van der Waals surface area contributed by atoms with Crippen LogP contribution in [0, 0.1) is 0 Å². The zero-order valence-electron chi connectivity index (χ0n) is 12.6. The maximum absolute atomic E-state index is 11.5. The minimum absolute atomic E-state index is 0.193. The number of hydrogen-bond acceptors (Lipinski definition) is 3. The van der Waals surface area contributed by atoms with Crippen LogP contribution < -0.4 is 15.4 Å². The molecule has 8 heteroatoms. The van der Waals surface area contributed by atoms with Crippen LogP contribution >= 0.6 is 39.1 Å². The van der Waals surface area contributed by atoms with Crippen LogP contribution in [0.1, 0.15) is 11.1 Å². The van der Waals surface area contributed by atoms with Gasteiger partial charge in [-0.1, -0.05) is 35.3 Å². The third kappa shape index (κ3) is 4.34. The molecular weight excluding hydrogens is 431 g/mol. The molecule has 2 N–H and O–H groups in total. The van der Waals surface area contributed by atoms with Gasteiger partial charge in [0.15, 0.2) is 0 Å². The summed E-state index contributed by atoms with van der Waals surface area (Å²) in [5.41, 5.74) is 1.74. The molecule has 1 fully saturated rings. The summed E-state index contributed by atoms with van der Waals surface area (Å²) in [5.74, 6) is 0.159. The lowest BCUT2D eigenvalue weighted by molar-refractivity contribution is -0.115. The van der Waals surface area contributed by atoms with Crippen LogP contribution in [-0.4, -0.2) is 11.9 Å². The van der Waals surface area contributed by atoms with Gasteiger partial charge in [-0.05, 0) is 51.8 Å². The monoisotopic (exact) mass is 440 g/mol. The summed E-state index contributed by atoms with van der Waals surface area (Å²) < 4.78 is 6.47. The lowest BCUT2D eigenvalue weighted by Crippen LogP contribution is -2.22. The standard InChI is InChI=1S/C17H11BrCl2N2O3/c18-12-5-9(6-14-16(23)22-17(24)21-14)1-4-15(12)25-8-10-2-3-11(19)7-13(10)20/h1-7H,8H2,(H2,21,22,23,24)/b14-6+. The second kappa shape index (κ2) is 7.47. The molecule has 0 bridgehead atoms. The highest BCUT2D eigenvalue weighted by Gasteiger charge is 2.22. The fraction of sp³-hybridized carbons (Fsp3) is 0.0588. The summed E-state index contributed by atoms with van der Waals surface area (Å²) in [6, 6.07) is 9.99. The SMILES string of the molecule is O=C1NC(=O)/C(=C\c2ccc(OCc3ccc(Cl)cc3Cl)c(Br)c2)N1. The molecule has 1 heterocycles. The van der Waals surface area contributed by atoms with E-state index in [1.165, 1.54) is 0 Å². The molecule has 0 unspecified atom stereocenters. The van der Waals surface area contributed by atoms with E-state index < -0.39 is 11.9 Å². The van der Waals surface area contributed by atoms with Crippen molar-refractivity contribution in [2.45, 2.75) is 6.61 Å². The highest BCUT2D eigenvalue weighted by atomic mass is 79.9. The van der Waals surface area contributed by atoms with E-state index in [-0.39, 0.29) is 12.3 Å². The van der Waals surface area contributed by atoms with Crippen molar-refractivity contribution in [1.82, 2.24) is 10.6 Å². The van der Waals surface area contributed by atoms with Crippen LogP contribution in [0.4, 0.5) is 4.79 Å². The van der Waals surface area contributed by atoms with Crippen molar-refractivity contribution in [2.75, 3.05) is 0 Å². The summed E-state index contributed by atoms with van der Waals surface area (Å²) in [6.07, 6.45) is 1.57. The first kappa shape index (κ1) is 17.8. The van der Waals surface area contributed by atoms with Crippen molar-refractivity contribution in [1.29, 1.82) is 0 Å². The largest absolute Gasteiger partial charge is 0.488 e. The first-order chi connectivity index (χ1) is 11.9. The van der Waals surface area contributed by atoms with Crippen LogP contribution in [-0.2, 0) is 11.4 Å². The van der Waals surface area contributed by atoms with E-state index in [1.54, 1.807) is 42.5 Å². The Balaban J connectivity index is 1.73. The van der Waals surface area contributed by atoms with Crippen LogP contribution in [0.3, 0.4) is 0 Å². The lowest BCUT2D eigenvalue weighted by Gasteiger charge is -2.10. The van der Waals surface area contributed by atoms with E-state index in [1.807, 2.05) is 0 Å². The minimum Gasteiger partial charge on any atom is -0.488 e. The Morgan fingerprint density at radius 1 is 1.08 bits per heavy atom. The Hall–Kier alpha value is -2.02. The van der Waals surface area contributed by atoms with Crippen molar-refractivity contribution in [2.24, 2.45) is 0 Å². The number of benzene rings is 2. The second-order valence-electron chi connectivity index (χ2n) is 5.18. The zero-order chi connectivity index (χ0) is 18.0. The van der Waals surface area contributed by atoms with Gasteiger partial charge in [0.05, 0.1) is 4.47 Å². The van der Waals surface area contributed by atoms with Gasteiger partial charge < -0.3 is 10.1 Å². The lowest BCUT2D eigenvalue weighted by atomic mass is 10.2. The Labute approximate surface area is 162 Å². The summed E-state index contributed by atoms with van der Waals surface area (Å²) in [7, 11) is 0. The van der Waals surface area contributed by atoms with Crippen LogP contribution in [0.5, 0.6) is 5.75 Å². The predicted octanol–water partition coefficient (Wildman–Crippen LogP) is 4.52. The van der Waals surface area contributed by atoms with Gasteiger partial charge in [-0.3, -0.25) is 10.1 Å². The van der Waals surface area contributed by atoms with Gasteiger partial charge in [0.2, 0.25) is 0 Å². The zero-order valence-corrected chi connectivity index (χ0v) is 15.7. The molecule has 0 spiro atoms. The molecule has 3 amide bonds. The Bertz CT molecular complexity index is 899. The number of hydrogen-bond donors (Lipinski definition) is 2. The number of rotatable bonds is 4. The molecule has 2 aromatic rings. The molecule has 0 radical (unpaired) electrons.